The van der Waals surface area contributed by atoms with Crippen molar-refractivity contribution in [2.75, 3.05) is 0 Å². The van der Waals surface area contributed by atoms with E-state index in [4.69, 9.17) is 0 Å². The van der Waals surface area contributed by atoms with Crippen LogP contribution in [0, 0.1) is 5.92 Å². The third-order valence-electron chi connectivity index (χ3n) is 6.20. The van der Waals surface area contributed by atoms with E-state index in [1.54, 1.807) is 6.08 Å². The van der Waals surface area contributed by atoms with Crippen LogP contribution in [0.3, 0.4) is 0 Å². The molecular formula is C26H34O. The molecule has 2 aromatic carbocycles. The van der Waals surface area contributed by atoms with Gasteiger partial charge in [-0.1, -0.05) is 68.0 Å². The normalized spacial score (nSPS) is 21.0. The van der Waals surface area contributed by atoms with Gasteiger partial charge in [0.2, 0.25) is 0 Å². The maximum absolute atomic E-state index is 9.66. The molecule has 3 rings (SSSR count). The van der Waals surface area contributed by atoms with Gasteiger partial charge in [0.1, 0.15) is 0 Å². The predicted octanol–water partition coefficient (Wildman–Crippen LogP) is 6.91. The van der Waals surface area contributed by atoms with Crippen molar-refractivity contribution in [2.45, 2.75) is 70.3 Å². The number of benzene rings is 2. The Morgan fingerprint density at radius 3 is 2.11 bits per heavy atom. The molecule has 1 atom stereocenters. The summed E-state index contributed by atoms with van der Waals surface area (Å²) >= 11 is 0. The van der Waals surface area contributed by atoms with Gasteiger partial charge in [-0.05, 0) is 79.0 Å². The van der Waals surface area contributed by atoms with Crippen LogP contribution in [0.1, 0.15) is 68.9 Å². The van der Waals surface area contributed by atoms with E-state index in [1.165, 1.54) is 54.4 Å². The van der Waals surface area contributed by atoms with E-state index in [2.05, 4.69) is 62.0 Å². The summed E-state index contributed by atoms with van der Waals surface area (Å²) < 4.78 is 0. The van der Waals surface area contributed by atoms with Gasteiger partial charge >= 0.3 is 0 Å². The Morgan fingerprint density at radius 2 is 1.56 bits per heavy atom. The molecule has 144 valence electrons. The highest BCUT2D eigenvalue weighted by atomic mass is 16.3. The van der Waals surface area contributed by atoms with Crippen LogP contribution < -0.4 is 0 Å². The van der Waals surface area contributed by atoms with E-state index >= 15 is 0 Å². The Hall–Kier alpha value is -1.86. The number of rotatable bonds is 8. The van der Waals surface area contributed by atoms with Gasteiger partial charge in [-0.3, -0.25) is 0 Å². The molecule has 1 saturated carbocycles. The molecule has 1 N–H and O–H groups in total. The molecule has 0 spiro atoms. The van der Waals surface area contributed by atoms with Crippen LogP contribution >= 0.6 is 0 Å². The first-order valence-corrected chi connectivity index (χ1v) is 10.7. The Kier molecular flexibility index (Phi) is 7.29. The highest BCUT2D eigenvalue weighted by Gasteiger charge is 2.22. The molecule has 0 heterocycles. The second kappa shape index (κ2) is 9.90. The second-order valence-electron chi connectivity index (χ2n) is 8.17. The van der Waals surface area contributed by atoms with Gasteiger partial charge in [0.25, 0.3) is 0 Å². The van der Waals surface area contributed by atoms with Crippen molar-refractivity contribution < 1.29 is 5.11 Å². The maximum Gasteiger partial charge on any atom is 0.0718 e. The van der Waals surface area contributed by atoms with Crippen molar-refractivity contribution in [1.82, 2.24) is 0 Å². The highest BCUT2D eigenvalue weighted by molar-refractivity contribution is 5.64. The summed E-state index contributed by atoms with van der Waals surface area (Å²) in [6, 6.07) is 18.3. The summed E-state index contributed by atoms with van der Waals surface area (Å²) in [6.07, 6.45) is 10.8. The Labute approximate surface area is 165 Å². The van der Waals surface area contributed by atoms with Gasteiger partial charge in [-0.15, -0.1) is 6.58 Å². The molecule has 0 amide bonds. The first-order valence-electron chi connectivity index (χ1n) is 10.7. The fourth-order valence-corrected chi connectivity index (χ4v) is 4.41. The molecule has 1 heteroatoms. The van der Waals surface area contributed by atoms with Gasteiger partial charge in [0.05, 0.1) is 6.10 Å². The number of aliphatic hydroxyl groups excluding tert-OH is 1. The summed E-state index contributed by atoms with van der Waals surface area (Å²) in [5.74, 6) is 1.48. The fraction of sp³-hybridized carbons (Fsp3) is 0.462. The summed E-state index contributed by atoms with van der Waals surface area (Å²) in [5.41, 5.74) is 5.54. The van der Waals surface area contributed by atoms with Gasteiger partial charge < -0.3 is 5.11 Å². The van der Waals surface area contributed by atoms with Crippen molar-refractivity contribution in [3.05, 3.63) is 72.3 Å². The fourth-order valence-electron chi connectivity index (χ4n) is 4.41. The van der Waals surface area contributed by atoms with Crippen molar-refractivity contribution in [2.24, 2.45) is 5.92 Å². The van der Waals surface area contributed by atoms with E-state index in [9.17, 15) is 5.11 Å². The average molecular weight is 363 g/mol. The van der Waals surface area contributed by atoms with Crippen molar-refractivity contribution in [3.8, 4) is 11.1 Å². The van der Waals surface area contributed by atoms with Crippen LogP contribution in [-0.4, -0.2) is 11.2 Å². The second-order valence-corrected chi connectivity index (χ2v) is 8.17. The smallest absolute Gasteiger partial charge is 0.0718 e. The van der Waals surface area contributed by atoms with E-state index in [0.29, 0.717) is 5.92 Å². The van der Waals surface area contributed by atoms with Gasteiger partial charge in [0.15, 0.2) is 0 Å². The summed E-state index contributed by atoms with van der Waals surface area (Å²) in [6.45, 7) is 5.89. The van der Waals surface area contributed by atoms with E-state index in [0.717, 1.165) is 25.2 Å². The largest absolute Gasteiger partial charge is 0.389 e. The Balaban J connectivity index is 1.54. The summed E-state index contributed by atoms with van der Waals surface area (Å²) in [7, 11) is 0. The Morgan fingerprint density at radius 1 is 0.963 bits per heavy atom. The van der Waals surface area contributed by atoms with Crippen molar-refractivity contribution >= 4 is 0 Å². The molecular weight excluding hydrogens is 328 g/mol. The molecule has 1 aliphatic carbocycles. The highest BCUT2D eigenvalue weighted by Crippen LogP contribution is 2.38. The minimum atomic E-state index is -0.327. The zero-order valence-corrected chi connectivity index (χ0v) is 16.7. The number of hydrogen-bond acceptors (Lipinski definition) is 1. The molecule has 0 bridgehead atoms. The summed E-state index contributed by atoms with van der Waals surface area (Å²) in [5, 5.41) is 9.66. The molecule has 1 nitrogen and oxygen atoms in total. The van der Waals surface area contributed by atoms with Gasteiger partial charge in [-0.2, -0.15) is 0 Å². The molecule has 0 aliphatic heterocycles. The molecule has 1 aliphatic rings. The minimum Gasteiger partial charge on any atom is -0.389 e. The molecule has 1 unspecified atom stereocenters. The zero-order chi connectivity index (χ0) is 19.1. The maximum atomic E-state index is 9.66. The zero-order valence-electron chi connectivity index (χ0n) is 16.7. The average Bonchev–Trinajstić information content (AvgIpc) is 2.73. The molecule has 27 heavy (non-hydrogen) atoms. The summed E-state index contributed by atoms with van der Waals surface area (Å²) in [4.78, 5) is 0. The number of hydrogen-bond donors (Lipinski definition) is 1. The lowest BCUT2D eigenvalue weighted by Gasteiger charge is -2.29. The topological polar surface area (TPSA) is 20.2 Å². The monoisotopic (exact) mass is 362 g/mol. The van der Waals surface area contributed by atoms with Crippen LogP contribution in [0.25, 0.3) is 11.1 Å². The third-order valence-corrected chi connectivity index (χ3v) is 6.20. The van der Waals surface area contributed by atoms with Gasteiger partial charge in [0, 0.05) is 0 Å². The minimum absolute atomic E-state index is 0.327. The third kappa shape index (κ3) is 5.56. The quantitative estimate of drug-likeness (QED) is 0.506. The van der Waals surface area contributed by atoms with Crippen LogP contribution in [-0.2, 0) is 6.42 Å². The van der Waals surface area contributed by atoms with Crippen LogP contribution in [0.5, 0.6) is 0 Å². The van der Waals surface area contributed by atoms with E-state index in [1.807, 2.05) is 0 Å². The predicted molar refractivity (Wildman–Crippen MR) is 116 cm³/mol. The van der Waals surface area contributed by atoms with Crippen molar-refractivity contribution in [3.63, 3.8) is 0 Å². The van der Waals surface area contributed by atoms with E-state index < -0.39 is 0 Å². The van der Waals surface area contributed by atoms with Crippen molar-refractivity contribution in [1.29, 1.82) is 0 Å². The lowest BCUT2D eigenvalue weighted by Crippen LogP contribution is -2.15. The molecule has 0 saturated heterocycles. The molecule has 1 fully saturated rings. The van der Waals surface area contributed by atoms with E-state index in [-0.39, 0.29) is 6.10 Å². The standard InChI is InChI=1S/C26H34O/c1-3-5-20-6-11-22(12-7-20)24-15-17-25(18-16-24)23-13-8-21(9-14-23)10-19-26(27)4-2/h4,6-7,11-12,15-18,21,23,26-27H,2-3,5,8-10,13-14,19H2,1H3. The number of aryl methyl sites for hydroxylation is 1. The van der Waals surface area contributed by atoms with Gasteiger partial charge in [-0.25, -0.2) is 0 Å². The molecule has 0 radical (unpaired) electrons. The number of aliphatic hydroxyl groups is 1. The lowest BCUT2D eigenvalue weighted by molar-refractivity contribution is 0.190. The Bertz CT molecular complexity index is 690. The molecule has 0 aromatic heterocycles. The van der Waals surface area contributed by atoms with Crippen LogP contribution in [0.4, 0.5) is 0 Å². The SMILES string of the molecule is C=CC(O)CCC1CCC(c2ccc(-c3ccc(CCC)cc3)cc2)CC1. The van der Waals surface area contributed by atoms with Crippen LogP contribution in [0.2, 0.25) is 0 Å². The molecule has 2 aromatic rings. The lowest BCUT2D eigenvalue weighted by atomic mass is 9.77. The van der Waals surface area contributed by atoms with Crippen LogP contribution in [0.15, 0.2) is 61.2 Å². The first-order chi connectivity index (χ1) is 13.2. The first kappa shape index (κ1) is 19.9.